The lowest BCUT2D eigenvalue weighted by Crippen LogP contribution is -2.55. The second-order valence-corrected chi connectivity index (χ2v) is 11.7. The Morgan fingerprint density at radius 1 is 1.03 bits per heavy atom. The summed E-state index contributed by atoms with van der Waals surface area (Å²) >= 11 is 1.23. The number of aliphatic hydroxyl groups is 1. The highest BCUT2D eigenvalue weighted by Crippen LogP contribution is 2.31. The number of sulfonamides is 1. The van der Waals surface area contributed by atoms with E-state index in [0.29, 0.717) is 30.3 Å². The number of phenols is 1. The number of thiophene rings is 1. The molecule has 2 aromatic carbocycles. The van der Waals surface area contributed by atoms with E-state index in [1.165, 1.54) is 11.3 Å². The average Bonchev–Trinajstić information content (AvgIpc) is 3.31. The number of hydrogen-bond acceptors (Lipinski definition) is 6. The largest absolute Gasteiger partial charge is 0.508 e. The fraction of sp³-hybridized carbons (Fsp3) is 0.333. The maximum atomic E-state index is 13.2. The zero-order chi connectivity index (χ0) is 22.9. The summed E-state index contributed by atoms with van der Waals surface area (Å²) in [7, 11) is -3.56. The molecule has 0 bridgehead atoms. The van der Waals surface area contributed by atoms with Crippen molar-refractivity contribution >= 4 is 27.0 Å². The van der Waals surface area contributed by atoms with Crippen LogP contribution in [0.3, 0.4) is 0 Å². The highest BCUT2D eigenvalue weighted by atomic mass is 32.2. The number of hydrogen-bond donors (Lipinski definition) is 2. The Hall–Kier alpha value is -2.39. The van der Waals surface area contributed by atoms with Gasteiger partial charge in [-0.05, 0) is 61.0 Å². The molecule has 0 aliphatic carbocycles. The van der Waals surface area contributed by atoms with Gasteiger partial charge in [0.25, 0.3) is 10.0 Å². The molecule has 1 aromatic heterocycles. The molecule has 0 unspecified atom stereocenters. The van der Waals surface area contributed by atoms with E-state index in [1.54, 1.807) is 47.8 Å². The number of aromatic hydroxyl groups is 1. The summed E-state index contributed by atoms with van der Waals surface area (Å²) in [5.74, 6) is 0.211. The van der Waals surface area contributed by atoms with Gasteiger partial charge in [0.05, 0.1) is 5.60 Å². The Labute approximate surface area is 193 Å². The van der Waals surface area contributed by atoms with Crippen molar-refractivity contribution in [2.45, 2.75) is 36.1 Å². The topological polar surface area (TPSA) is 81.1 Å². The third-order valence-corrected chi connectivity index (χ3v) is 9.13. The van der Waals surface area contributed by atoms with Crippen LogP contribution in [0.5, 0.6) is 5.75 Å². The molecule has 6 nitrogen and oxygen atoms in total. The first-order valence-corrected chi connectivity index (χ1v) is 12.9. The zero-order valence-corrected chi connectivity index (χ0v) is 19.8. The van der Waals surface area contributed by atoms with Gasteiger partial charge in [-0.25, -0.2) is 8.42 Å². The molecule has 0 amide bonds. The van der Waals surface area contributed by atoms with E-state index >= 15 is 0 Å². The molecular formula is C24H28N2O4S2. The van der Waals surface area contributed by atoms with E-state index in [0.717, 1.165) is 16.8 Å². The van der Waals surface area contributed by atoms with Crippen LogP contribution in [0.4, 0.5) is 5.69 Å². The van der Waals surface area contributed by atoms with Crippen molar-refractivity contribution in [2.24, 2.45) is 0 Å². The van der Waals surface area contributed by atoms with Gasteiger partial charge in [-0.3, -0.25) is 0 Å². The smallest absolute Gasteiger partial charge is 0.252 e. The lowest BCUT2D eigenvalue weighted by atomic mass is 9.97. The second-order valence-electron chi connectivity index (χ2n) is 8.58. The summed E-state index contributed by atoms with van der Waals surface area (Å²) in [6.07, 6.45) is 0.510. The molecule has 1 aliphatic rings. The summed E-state index contributed by atoms with van der Waals surface area (Å²) in [4.78, 5) is 2.20. The Kier molecular flexibility index (Phi) is 6.31. The second kappa shape index (κ2) is 8.86. The summed E-state index contributed by atoms with van der Waals surface area (Å²) < 4.78 is 28.2. The van der Waals surface area contributed by atoms with Crippen molar-refractivity contribution in [1.82, 2.24) is 4.31 Å². The molecule has 32 heavy (non-hydrogen) atoms. The Morgan fingerprint density at radius 3 is 2.38 bits per heavy atom. The van der Waals surface area contributed by atoms with Gasteiger partial charge in [0.2, 0.25) is 0 Å². The lowest BCUT2D eigenvalue weighted by molar-refractivity contribution is 0.0786. The van der Waals surface area contributed by atoms with Gasteiger partial charge in [0, 0.05) is 31.4 Å². The van der Waals surface area contributed by atoms with Crippen LogP contribution in [0, 0.1) is 0 Å². The van der Waals surface area contributed by atoms with Crippen molar-refractivity contribution in [3.05, 3.63) is 77.2 Å². The first kappa shape index (κ1) is 22.8. The molecule has 2 heterocycles. The molecule has 170 valence electrons. The van der Waals surface area contributed by atoms with Gasteiger partial charge in [0.15, 0.2) is 0 Å². The predicted octanol–water partition coefficient (Wildman–Crippen LogP) is 3.80. The highest BCUT2D eigenvalue weighted by Gasteiger charge is 2.35. The van der Waals surface area contributed by atoms with Crippen molar-refractivity contribution in [3.8, 4) is 5.75 Å². The number of rotatable bonds is 6. The standard InChI is InChI=1S/C24H28N2O4S2/c1-24(2,28)19-9-11-20(12-10-19)26-14-13-25(32(29,30)23-8-5-15-31-23)17-21(26)16-18-6-3-4-7-22(18)27/h3-12,15,21,27-28H,13-14,16-17H2,1-2H3/t21-/m1/s1. The molecule has 1 saturated heterocycles. The van der Waals surface area contributed by atoms with Gasteiger partial charge in [0.1, 0.15) is 9.96 Å². The van der Waals surface area contributed by atoms with Crippen molar-refractivity contribution in [3.63, 3.8) is 0 Å². The fourth-order valence-electron chi connectivity index (χ4n) is 4.10. The Bertz CT molecular complexity index is 1150. The van der Waals surface area contributed by atoms with E-state index in [-0.39, 0.29) is 11.8 Å². The summed E-state index contributed by atoms with van der Waals surface area (Å²) in [6.45, 7) is 4.73. The molecule has 1 fully saturated rings. The minimum Gasteiger partial charge on any atom is -0.508 e. The zero-order valence-electron chi connectivity index (χ0n) is 18.2. The molecule has 0 spiro atoms. The number of benzene rings is 2. The van der Waals surface area contributed by atoms with E-state index in [1.807, 2.05) is 36.4 Å². The van der Waals surface area contributed by atoms with Crippen LogP contribution in [0.15, 0.2) is 70.3 Å². The van der Waals surface area contributed by atoms with Crippen molar-refractivity contribution in [1.29, 1.82) is 0 Å². The third-order valence-electron chi connectivity index (χ3n) is 5.89. The van der Waals surface area contributed by atoms with Gasteiger partial charge in [-0.2, -0.15) is 4.31 Å². The SMILES string of the molecule is CC(C)(O)c1ccc(N2CCN(S(=O)(=O)c3cccs3)C[C@H]2Cc2ccccc2O)cc1. The molecular weight excluding hydrogens is 444 g/mol. The van der Waals surface area contributed by atoms with E-state index in [9.17, 15) is 18.6 Å². The number of anilines is 1. The third kappa shape index (κ3) is 4.68. The maximum Gasteiger partial charge on any atom is 0.252 e. The maximum absolute atomic E-state index is 13.2. The number of phenolic OH excluding ortho intramolecular Hbond substituents is 1. The molecule has 0 radical (unpaired) electrons. The van der Waals surface area contributed by atoms with Crippen LogP contribution in [0.2, 0.25) is 0 Å². The number of para-hydroxylation sites is 1. The minimum absolute atomic E-state index is 0.153. The van der Waals surface area contributed by atoms with E-state index < -0.39 is 15.6 Å². The van der Waals surface area contributed by atoms with E-state index in [4.69, 9.17) is 0 Å². The lowest BCUT2D eigenvalue weighted by Gasteiger charge is -2.42. The van der Waals surface area contributed by atoms with Gasteiger partial charge >= 0.3 is 0 Å². The Balaban J connectivity index is 1.64. The molecule has 0 saturated carbocycles. The van der Waals surface area contributed by atoms with Gasteiger partial charge < -0.3 is 15.1 Å². The highest BCUT2D eigenvalue weighted by molar-refractivity contribution is 7.91. The first-order chi connectivity index (χ1) is 15.2. The molecule has 1 atom stereocenters. The van der Waals surface area contributed by atoms with Gasteiger partial charge in [-0.15, -0.1) is 11.3 Å². The van der Waals surface area contributed by atoms with Crippen LogP contribution >= 0.6 is 11.3 Å². The monoisotopic (exact) mass is 472 g/mol. The average molecular weight is 473 g/mol. The van der Waals surface area contributed by atoms with Crippen LogP contribution in [-0.2, 0) is 22.0 Å². The molecule has 1 aliphatic heterocycles. The number of nitrogens with zero attached hydrogens (tertiary/aromatic N) is 2. The first-order valence-electron chi connectivity index (χ1n) is 10.6. The Morgan fingerprint density at radius 2 is 1.75 bits per heavy atom. The summed E-state index contributed by atoms with van der Waals surface area (Å²) in [5.41, 5.74) is 1.64. The minimum atomic E-state index is -3.56. The quantitative estimate of drug-likeness (QED) is 0.570. The predicted molar refractivity (Wildman–Crippen MR) is 128 cm³/mol. The molecule has 2 N–H and O–H groups in total. The van der Waals surface area contributed by atoms with Crippen LogP contribution in [0.1, 0.15) is 25.0 Å². The van der Waals surface area contributed by atoms with Crippen molar-refractivity contribution < 1.29 is 18.6 Å². The molecule has 8 heteroatoms. The normalized spacial score (nSPS) is 18.1. The van der Waals surface area contributed by atoms with E-state index in [2.05, 4.69) is 4.90 Å². The molecule has 4 rings (SSSR count). The van der Waals surface area contributed by atoms with Crippen LogP contribution < -0.4 is 4.90 Å². The molecule has 3 aromatic rings. The number of piperazine rings is 1. The summed E-state index contributed by atoms with van der Waals surface area (Å²) in [6, 6.07) is 18.2. The fourth-order valence-corrected chi connectivity index (χ4v) is 6.71. The van der Waals surface area contributed by atoms with Crippen LogP contribution in [-0.4, -0.2) is 48.6 Å². The van der Waals surface area contributed by atoms with Crippen molar-refractivity contribution in [2.75, 3.05) is 24.5 Å². The van der Waals surface area contributed by atoms with Crippen LogP contribution in [0.25, 0.3) is 0 Å². The van der Waals surface area contributed by atoms with Gasteiger partial charge in [-0.1, -0.05) is 36.4 Å². The summed E-state index contributed by atoms with van der Waals surface area (Å²) in [5, 5.41) is 22.4.